The maximum atomic E-state index is 11.9. The second kappa shape index (κ2) is 21.0. The van der Waals surface area contributed by atoms with Gasteiger partial charge in [-0.1, -0.05) is 97.9 Å². The molecule has 0 aromatic carbocycles. The topological polar surface area (TPSA) is 53.9 Å². The summed E-state index contributed by atoms with van der Waals surface area (Å²) in [7, 11) is 3.59. The van der Waals surface area contributed by atoms with E-state index in [9.17, 15) is 4.79 Å². The van der Waals surface area contributed by atoms with E-state index in [4.69, 9.17) is 4.74 Å². The molecule has 1 aliphatic rings. The Bertz CT molecular complexity index is 717. The highest BCUT2D eigenvalue weighted by atomic mass is 16.5. The third-order valence-corrected chi connectivity index (χ3v) is 6.23. The van der Waals surface area contributed by atoms with E-state index in [-0.39, 0.29) is 17.4 Å². The van der Waals surface area contributed by atoms with Gasteiger partial charge in [0, 0.05) is 13.7 Å². The van der Waals surface area contributed by atoms with Crippen LogP contribution in [-0.4, -0.2) is 57.0 Å². The molecular formula is C32H59N3O2. The number of hydrogen-bond acceptors (Lipinski definition) is 4. The van der Waals surface area contributed by atoms with Crippen molar-refractivity contribution in [2.75, 3.05) is 34.0 Å². The van der Waals surface area contributed by atoms with E-state index in [1.54, 1.807) is 12.0 Å². The Hall–Kier alpha value is -1.98. The molecule has 0 fully saturated rings. The Labute approximate surface area is 230 Å². The number of methoxy groups -OCH3 is 1. The van der Waals surface area contributed by atoms with E-state index in [1.165, 1.54) is 19.1 Å². The maximum absolute atomic E-state index is 11.9. The Morgan fingerprint density at radius 2 is 1.84 bits per heavy atom. The lowest BCUT2D eigenvalue weighted by atomic mass is 9.77. The van der Waals surface area contributed by atoms with Gasteiger partial charge in [0.1, 0.15) is 6.67 Å². The van der Waals surface area contributed by atoms with Gasteiger partial charge in [0.05, 0.1) is 18.9 Å². The quantitative estimate of drug-likeness (QED) is 0.165. The number of rotatable bonds is 12. The largest absolute Gasteiger partial charge is 0.383 e. The molecule has 5 heteroatoms. The zero-order chi connectivity index (χ0) is 28.9. The molecule has 0 bridgehead atoms. The number of likely N-dealkylation sites (N-methyl/N-ethyl adjacent to an activating group) is 1. The van der Waals surface area contributed by atoms with Crippen LogP contribution in [-0.2, 0) is 9.53 Å². The molecule has 0 saturated carbocycles. The van der Waals surface area contributed by atoms with E-state index in [2.05, 4.69) is 84.4 Å². The van der Waals surface area contributed by atoms with E-state index in [0.29, 0.717) is 12.1 Å². The lowest BCUT2D eigenvalue weighted by Crippen LogP contribution is -2.39. The fourth-order valence-electron chi connectivity index (χ4n) is 3.75. The van der Waals surface area contributed by atoms with Gasteiger partial charge in [-0.3, -0.25) is 9.79 Å². The summed E-state index contributed by atoms with van der Waals surface area (Å²) in [4.78, 5) is 17.7. The number of aliphatic imine (C=N–C) groups is 1. The summed E-state index contributed by atoms with van der Waals surface area (Å²) in [6.07, 6.45) is 18.2. The van der Waals surface area contributed by atoms with E-state index in [0.717, 1.165) is 37.5 Å². The zero-order valence-corrected chi connectivity index (χ0v) is 26.1. The normalized spacial score (nSPS) is 15.6. The van der Waals surface area contributed by atoms with Gasteiger partial charge in [0.15, 0.2) is 0 Å². The van der Waals surface area contributed by atoms with Crippen LogP contribution in [0.1, 0.15) is 88.0 Å². The SMILES string of the molecule is C=C(/C=C\C=C/C)C(CCC(C)(C)C)N1CN=CC1=O.CC=CCC(CC)C(C)(C)C.CNCCOC. The van der Waals surface area contributed by atoms with Gasteiger partial charge in [0.25, 0.3) is 5.91 Å². The fourth-order valence-corrected chi connectivity index (χ4v) is 3.75. The molecule has 0 spiro atoms. The predicted octanol–water partition coefficient (Wildman–Crippen LogP) is 7.62. The van der Waals surface area contributed by atoms with E-state index in [1.807, 2.05) is 38.3 Å². The van der Waals surface area contributed by atoms with Gasteiger partial charge in [-0.15, -0.1) is 0 Å². The second-order valence-corrected chi connectivity index (χ2v) is 11.7. The number of nitrogens with zero attached hydrogens (tertiary/aromatic N) is 2. The van der Waals surface area contributed by atoms with Gasteiger partial charge >= 0.3 is 0 Å². The smallest absolute Gasteiger partial charge is 0.266 e. The van der Waals surface area contributed by atoms with E-state index >= 15 is 0 Å². The van der Waals surface area contributed by atoms with Gasteiger partial charge in [0.2, 0.25) is 0 Å². The molecule has 0 aromatic heterocycles. The Kier molecular flexibility index (Phi) is 21.1. The third kappa shape index (κ3) is 19.8. The lowest BCUT2D eigenvalue weighted by Gasteiger charge is -2.30. The monoisotopic (exact) mass is 517 g/mol. The van der Waals surface area contributed by atoms with Gasteiger partial charge in [-0.2, -0.15) is 0 Å². The number of ether oxygens (including phenoxy) is 1. The molecular weight excluding hydrogens is 458 g/mol. The first-order chi connectivity index (χ1) is 17.3. The summed E-state index contributed by atoms with van der Waals surface area (Å²) in [5.41, 5.74) is 1.68. The van der Waals surface area contributed by atoms with Gasteiger partial charge in [-0.05, 0) is 62.5 Å². The number of carbonyl (C=O) groups excluding carboxylic acids is 1. The summed E-state index contributed by atoms with van der Waals surface area (Å²) in [5, 5.41) is 2.94. The van der Waals surface area contributed by atoms with Gasteiger partial charge < -0.3 is 15.0 Å². The van der Waals surface area contributed by atoms with Crippen molar-refractivity contribution in [1.82, 2.24) is 10.2 Å². The van der Waals surface area contributed by atoms with Gasteiger partial charge in [-0.25, -0.2) is 0 Å². The minimum atomic E-state index is -0.00973. The Morgan fingerprint density at radius 3 is 2.22 bits per heavy atom. The summed E-state index contributed by atoms with van der Waals surface area (Å²) < 4.78 is 4.72. The van der Waals surface area contributed by atoms with Crippen LogP contribution in [0.4, 0.5) is 0 Å². The standard InChI is InChI=1S/C17H26N2O.C11H22.C4H11NO/c1-6-7-8-9-14(2)15(10-11-17(3,4)5)19-13-18-12-16(19)20;1-6-8-9-10(7-2)11(3,4)5;1-5-3-4-6-2/h6-9,12,15H,2,10-11,13H2,1,3-5H3;6,8,10H,7,9H2,1-5H3;5H,3-4H2,1-2H3/b7-6-,9-8-;;. The Morgan fingerprint density at radius 1 is 1.19 bits per heavy atom. The highest BCUT2D eigenvalue weighted by Gasteiger charge is 2.28. The van der Waals surface area contributed by atoms with Crippen molar-refractivity contribution >= 4 is 12.1 Å². The molecule has 1 heterocycles. The van der Waals surface area contributed by atoms with Crippen LogP contribution in [0.25, 0.3) is 0 Å². The van der Waals surface area contributed by atoms with Crippen LogP contribution >= 0.6 is 0 Å². The Balaban J connectivity index is 0. The van der Waals surface area contributed by atoms with Crippen molar-refractivity contribution in [2.24, 2.45) is 21.7 Å². The molecule has 37 heavy (non-hydrogen) atoms. The molecule has 5 nitrogen and oxygen atoms in total. The highest BCUT2D eigenvalue weighted by Crippen LogP contribution is 2.31. The first-order valence-corrected chi connectivity index (χ1v) is 13.8. The summed E-state index contributed by atoms with van der Waals surface area (Å²) in [6, 6.07) is 0.0331. The number of hydrogen-bond donors (Lipinski definition) is 1. The first-order valence-electron chi connectivity index (χ1n) is 13.8. The lowest BCUT2D eigenvalue weighted by molar-refractivity contribution is -0.124. The van der Waals surface area contributed by atoms with Crippen molar-refractivity contribution in [3.05, 3.63) is 48.6 Å². The van der Waals surface area contributed by atoms with Crippen LogP contribution in [0.3, 0.4) is 0 Å². The molecule has 0 aromatic rings. The number of allylic oxidation sites excluding steroid dienone is 5. The highest BCUT2D eigenvalue weighted by molar-refractivity contribution is 6.27. The van der Waals surface area contributed by atoms with Crippen LogP contribution < -0.4 is 5.32 Å². The van der Waals surface area contributed by atoms with Crippen molar-refractivity contribution in [3.8, 4) is 0 Å². The van der Waals surface area contributed by atoms with Crippen molar-refractivity contribution < 1.29 is 9.53 Å². The predicted molar refractivity (Wildman–Crippen MR) is 164 cm³/mol. The van der Waals surface area contributed by atoms with Crippen LogP contribution in [0.15, 0.2) is 53.6 Å². The van der Waals surface area contributed by atoms with Crippen molar-refractivity contribution in [1.29, 1.82) is 0 Å². The molecule has 2 unspecified atom stereocenters. The molecule has 1 amide bonds. The second-order valence-electron chi connectivity index (χ2n) is 11.7. The first kappa shape index (κ1) is 37.2. The average molecular weight is 518 g/mol. The number of amides is 1. The fraction of sp³-hybridized carbons (Fsp3) is 0.688. The molecule has 0 saturated heterocycles. The summed E-state index contributed by atoms with van der Waals surface area (Å²) in [5.74, 6) is 0.822. The molecule has 0 aliphatic carbocycles. The van der Waals surface area contributed by atoms with Crippen LogP contribution in [0, 0.1) is 16.7 Å². The number of carbonyl (C=O) groups is 1. The minimum absolute atomic E-state index is 0.00973. The molecule has 0 radical (unpaired) electrons. The summed E-state index contributed by atoms with van der Waals surface area (Å²) in [6.45, 7) is 26.3. The zero-order valence-electron chi connectivity index (χ0n) is 26.1. The molecule has 1 rings (SSSR count). The number of nitrogens with one attached hydrogen (secondary N) is 1. The molecule has 214 valence electrons. The minimum Gasteiger partial charge on any atom is -0.383 e. The van der Waals surface area contributed by atoms with Crippen molar-refractivity contribution in [3.63, 3.8) is 0 Å². The van der Waals surface area contributed by atoms with E-state index < -0.39 is 0 Å². The van der Waals surface area contributed by atoms with Crippen LogP contribution in [0.5, 0.6) is 0 Å². The van der Waals surface area contributed by atoms with Crippen LogP contribution in [0.2, 0.25) is 0 Å². The summed E-state index contributed by atoms with van der Waals surface area (Å²) >= 11 is 0. The molecule has 2 atom stereocenters. The average Bonchev–Trinajstić information content (AvgIpc) is 3.23. The van der Waals surface area contributed by atoms with Crippen molar-refractivity contribution in [2.45, 2.75) is 94.0 Å². The maximum Gasteiger partial charge on any atom is 0.266 e. The molecule has 1 N–H and O–H groups in total. The third-order valence-electron chi connectivity index (χ3n) is 6.23. The molecule has 1 aliphatic heterocycles.